The molecule has 1 aliphatic carbocycles. The van der Waals surface area contributed by atoms with E-state index < -0.39 is 6.61 Å². The Labute approximate surface area is 314 Å². The van der Waals surface area contributed by atoms with E-state index in [1.807, 2.05) is 18.2 Å². The molecular weight excluding hydrogens is 686 g/mol. The summed E-state index contributed by atoms with van der Waals surface area (Å²) in [6.45, 7) is 15.0. The number of hydrogen-bond donors (Lipinski definition) is 3. The van der Waals surface area contributed by atoms with Crippen molar-refractivity contribution in [3.63, 3.8) is 0 Å². The van der Waals surface area contributed by atoms with E-state index in [2.05, 4.69) is 57.3 Å². The smallest absolute Gasteiger partial charge is 0.293 e. The van der Waals surface area contributed by atoms with Crippen molar-refractivity contribution in [2.45, 2.75) is 58.8 Å². The molecule has 0 unspecified atom stereocenters. The number of aliphatic hydroxyl groups is 1. The van der Waals surface area contributed by atoms with E-state index in [0.717, 1.165) is 51.4 Å². The van der Waals surface area contributed by atoms with Crippen LogP contribution in [0.5, 0.6) is 0 Å². The quantitative estimate of drug-likeness (QED) is 0.218. The number of pyridine rings is 1. The minimum atomic E-state index is -0.393. The largest absolute Gasteiger partial charge is 0.392 e. The molecule has 14 heteroatoms. The Balaban J connectivity index is 1.08. The van der Waals surface area contributed by atoms with Gasteiger partial charge >= 0.3 is 0 Å². The van der Waals surface area contributed by atoms with E-state index >= 15 is 0 Å². The van der Waals surface area contributed by atoms with Crippen LogP contribution in [-0.4, -0.2) is 92.4 Å². The predicted octanol–water partition coefficient (Wildman–Crippen LogP) is 3.70. The maximum absolute atomic E-state index is 13.9. The van der Waals surface area contributed by atoms with Crippen LogP contribution in [0.3, 0.4) is 0 Å². The first-order chi connectivity index (χ1) is 25.9. The minimum absolute atomic E-state index is 0.0556. The Morgan fingerprint density at radius 3 is 2.65 bits per heavy atom. The van der Waals surface area contributed by atoms with Crippen molar-refractivity contribution in [3.8, 4) is 11.3 Å². The fourth-order valence-corrected chi connectivity index (χ4v) is 8.43. The van der Waals surface area contributed by atoms with Gasteiger partial charge in [0.2, 0.25) is 5.91 Å². The monoisotopic (exact) mass is 733 g/mol. The van der Waals surface area contributed by atoms with Crippen LogP contribution in [0.2, 0.25) is 0 Å². The number of carbonyl (C=O) groups is 2. The summed E-state index contributed by atoms with van der Waals surface area (Å²) in [5, 5.41) is 16.9. The van der Waals surface area contributed by atoms with Crippen LogP contribution in [0.1, 0.15) is 48.1 Å². The zero-order chi connectivity index (χ0) is 37.9. The number of ether oxygens (including phenoxy) is 1. The van der Waals surface area contributed by atoms with E-state index in [1.165, 1.54) is 21.9 Å². The van der Waals surface area contributed by atoms with Crippen molar-refractivity contribution >= 4 is 40.5 Å². The number of hydrogen-bond acceptors (Lipinski definition) is 10. The number of benzene rings is 1. The fourth-order valence-electron chi connectivity index (χ4n) is 8.43. The summed E-state index contributed by atoms with van der Waals surface area (Å²) in [5.41, 5.74) is 6.31. The zero-order valence-electron chi connectivity index (χ0n) is 31.3. The van der Waals surface area contributed by atoms with Crippen LogP contribution in [0, 0.1) is 5.41 Å². The highest BCUT2D eigenvalue weighted by atomic mass is 16.5. The Morgan fingerprint density at radius 2 is 1.93 bits per heavy atom. The molecule has 3 N–H and O–H groups in total. The third-order valence-electron chi connectivity index (χ3n) is 11.2. The number of piperazine rings is 1. The molecule has 4 aromatic rings. The second kappa shape index (κ2) is 13.8. The van der Waals surface area contributed by atoms with Gasteiger partial charge in [-0.2, -0.15) is 0 Å². The van der Waals surface area contributed by atoms with Crippen molar-refractivity contribution in [1.82, 2.24) is 24.0 Å². The molecule has 4 aliphatic rings. The predicted molar refractivity (Wildman–Crippen MR) is 207 cm³/mol. The van der Waals surface area contributed by atoms with Gasteiger partial charge in [-0.05, 0) is 67.2 Å². The van der Waals surface area contributed by atoms with Crippen LogP contribution in [0.4, 0.5) is 28.7 Å². The Morgan fingerprint density at radius 1 is 1.11 bits per heavy atom. The summed E-state index contributed by atoms with van der Waals surface area (Å²) < 4.78 is 8.99. The van der Waals surface area contributed by atoms with Gasteiger partial charge in [0, 0.05) is 80.7 Å². The van der Waals surface area contributed by atoms with E-state index in [4.69, 9.17) is 9.72 Å². The Hall–Kier alpha value is -5.31. The second-order valence-corrected chi connectivity index (χ2v) is 15.6. The molecule has 2 saturated heterocycles. The van der Waals surface area contributed by atoms with Gasteiger partial charge in [0.25, 0.3) is 11.5 Å². The molecule has 1 aromatic carbocycles. The van der Waals surface area contributed by atoms with Gasteiger partial charge in [0.1, 0.15) is 11.5 Å². The molecule has 0 spiro atoms. The Bertz CT molecular complexity index is 2220. The number of rotatable bonds is 9. The summed E-state index contributed by atoms with van der Waals surface area (Å²) in [6.07, 6.45) is 6.30. The lowest BCUT2D eigenvalue weighted by atomic mass is 9.90. The molecule has 8 rings (SSSR count). The van der Waals surface area contributed by atoms with Crippen molar-refractivity contribution < 1.29 is 19.4 Å². The molecule has 282 valence electrons. The SMILES string of the molecule is C=CC(=O)Nc1cc(Nc2nc(-c3ccnc(N4CCn5c(cc6c5CC(C)(C)C6)C4=O)c3CO)cn(C)c2=O)ccc1N1CCN(C2COC2)C[C@@H]1C. The summed E-state index contributed by atoms with van der Waals surface area (Å²) >= 11 is 0. The number of aryl methyl sites for hydroxylation is 1. The van der Waals surface area contributed by atoms with Crippen molar-refractivity contribution in [3.05, 3.63) is 88.2 Å². The number of nitrogens with zero attached hydrogens (tertiary/aromatic N) is 7. The maximum atomic E-state index is 13.9. The fraction of sp³-hybridized carbons (Fsp3) is 0.425. The number of aromatic nitrogens is 4. The Kier molecular flexibility index (Phi) is 9.15. The average Bonchev–Trinajstić information content (AvgIpc) is 3.61. The molecular formula is C40H47N9O5. The molecule has 0 saturated carbocycles. The van der Waals surface area contributed by atoms with Gasteiger partial charge in [-0.1, -0.05) is 20.4 Å². The third kappa shape index (κ3) is 6.37. The highest BCUT2D eigenvalue weighted by Gasteiger charge is 2.38. The number of anilines is 5. The molecule has 6 heterocycles. The molecule has 3 aromatic heterocycles. The molecule has 0 bridgehead atoms. The van der Waals surface area contributed by atoms with Gasteiger partial charge in [-0.15, -0.1) is 0 Å². The standard InChI is InChI=1S/C40H47N9O5/c1-6-35(51)43-30-16-26(7-8-32(30)47-12-11-46(19-24(47)2)27-22-54-23-27)42-36-39(53)45(5)20-31(44-36)28-9-10-41-37(29(28)21-50)49-14-13-48-33(38(49)52)15-25-17-40(3,4)18-34(25)48/h6-10,15-16,20,24,27,50H,1,11-14,17-19,21-23H2,2-5H3,(H,42,44)(H,43,51)/t24-/m0/s1. The van der Waals surface area contributed by atoms with Crippen LogP contribution in [0.15, 0.2) is 60.2 Å². The molecule has 0 radical (unpaired) electrons. The lowest BCUT2D eigenvalue weighted by molar-refractivity contribution is -0.111. The maximum Gasteiger partial charge on any atom is 0.293 e. The average molecular weight is 734 g/mol. The first kappa shape index (κ1) is 35.7. The molecule has 54 heavy (non-hydrogen) atoms. The highest BCUT2D eigenvalue weighted by molar-refractivity contribution is 6.06. The molecule has 2 amide bonds. The van der Waals surface area contributed by atoms with E-state index in [0.29, 0.717) is 58.8 Å². The van der Waals surface area contributed by atoms with E-state index in [-0.39, 0.29) is 34.6 Å². The number of aliphatic hydroxyl groups excluding tert-OH is 1. The minimum Gasteiger partial charge on any atom is -0.392 e. The van der Waals surface area contributed by atoms with E-state index in [9.17, 15) is 19.5 Å². The second-order valence-electron chi connectivity index (χ2n) is 15.6. The van der Waals surface area contributed by atoms with Gasteiger partial charge in [-0.3, -0.25) is 24.2 Å². The summed E-state index contributed by atoms with van der Waals surface area (Å²) in [6, 6.07) is 9.98. The van der Waals surface area contributed by atoms with Gasteiger partial charge < -0.3 is 34.5 Å². The first-order valence-electron chi connectivity index (χ1n) is 18.6. The van der Waals surface area contributed by atoms with E-state index in [1.54, 1.807) is 36.5 Å². The summed E-state index contributed by atoms with van der Waals surface area (Å²) in [7, 11) is 1.64. The van der Waals surface area contributed by atoms with Crippen LogP contribution >= 0.6 is 0 Å². The topological polar surface area (TPSA) is 150 Å². The lowest BCUT2D eigenvalue weighted by Crippen LogP contribution is -2.59. The molecule has 3 aliphatic heterocycles. The normalized spacial score (nSPS) is 19.6. The number of amides is 2. The van der Waals surface area contributed by atoms with Gasteiger partial charge in [0.15, 0.2) is 5.82 Å². The van der Waals surface area contributed by atoms with Crippen LogP contribution in [-0.2, 0) is 42.6 Å². The van der Waals surface area contributed by atoms with Crippen LogP contribution in [0.25, 0.3) is 11.3 Å². The van der Waals surface area contributed by atoms with Crippen molar-refractivity contribution in [1.29, 1.82) is 0 Å². The highest BCUT2D eigenvalue weighted by Crippen LogP contribution is 2.40. The van der Waals surface area contributed by atoms with Gasteiger partial charge in [-0.25, -0.2) is 9.97 Å². The third-order valence-corrected chi connectivity index (χ3v) is 11.2. The summed E-state index contributed by atoms with van der Waals surface area (Å²) in [4.78, 5) is 55.7. The summed E-state index contributed by atoms with van der Waals surface area (Å²) in [5.74, 6) is -0.0798. The number of carbonyl (C=O) groups excluding carboxylic acids is 2. The van der Waals surface area contributed by atoms with Crippen molar-refractivity contribution in [2.75, 3.05) is 59.8 Å². The molecule has 14 nitrogen and oxygen atoms in total. The lowest BCUT2D eigenvalue weighted by Gasteiger charge is -2.46. The molecule has 1 atom stereocenters. The van der Waals surface area contributed by atoms with Crippen molar-refractivity contribution in [2.24, 2.45) is 12.5 Å². The van der Waals surface area contributed by atoms with Crippen LogP contribution < -0.4 is 26.0 Å². The zero-order valence-corrected chi connectivity index (χ0v) is 31.3. The molecule has 2 fully saturated rings. The number of fused-ring (bicyclic) bond motifs is 3. The first-order valence-corrected chi connectivity index (χ1v) is 18.6. The van der Waals surface area contributed by atoms with Gasteiger partial charge in [0.05, 0.1) is 42.9 Å². The number of nitrogens with one attached hydrogen (secondary N) is 2.